The van der Waals surface area contributed by atoms with Crippen molar-refractivity contribution in [3.8, 4) is 0 Å². The second-order valence-electron chi connectivity index (χ2n) is 4.13. The van der Waals surface area contributed by atoms with Crippen molar-refractivity contribution in [2.75, 3.05) is 33.0 Å². The molecule has 0 saturated heterocycles. The molecule has 0 aromatic heterocycles. The fraction of sp³-hybridized carbons (Fsp3) is 0.900. The molecule has 4 heteroatoms. The number of Topliss-reactive ketones (excluding diaryl/α,β-unsaturated/α-hetero) is 1. The van der Waals surface area contributed by atoms with Gasteiger partial charge in [-0.1, -0.05) is 20.8 Å². The van der Waals surface area contributed by atoms with Crippen LogP contribution in [-0.2, 0) is 14.3 Å². The Kier molecular flexibility index (Phi) is 6.70. The number of ether oxygens (including phenoxy) is 2. The molecule has 0 heterocycles. The van der Waals surface area contributed by atoms with Crippen LogP contribution < -0.4 is 5.73 Å². The summed E-state index contributed by atoms with van der Waals surface area (Å²) in [5, 5.41) is 0. The van der Waals surface area contributed by atoms with Crippen LogP contribution in [0.3, 0.4) is 0 Å². The van der Waals surface area contributed by atoms with Crippen LogP contribution in [0.5, 0.6) is 0 Å². The van der Waals surface area contributed by atoms with Gasteiger partial charge in [-0.3, -0.25) is 4.79 Å². The van der Waals surface area contributed by atoms with Gasteiger partial charge in [0.05, 0.1) is 19.8 Å². The zero-order valence-electron chi connectivity index (χ0n) is 9.34. The summed E-state index contributed by atoms with van der Waals surface area (Å²) in [6.07, 6.45) is 0. The number of nitrogens with two attached hydrogens (primary N) is 1. The topological polar surface area (TPSA) is 61.5 Å². The number of hydrogen-bond acceptors (Lipinski definition) is 4. The molecular formula is C10H21NO3. The van der Waals surface area contributed by atoms with Crippen molar-refractivity contribution in [1.29, 1.82) is 0 Å². The van der Waals surface area contributed by atoms with E-state index in [4.69, 9.17) is 15.2 Å². The van der Waals surface area contributed by atoms with Crippen molar-refractivity contribution in [2.45, 2.75) is 20.8 Å². The molecule has 0 aliphatic rings. The lowest BCUT2D eigenvalue weighted by atomic mass is 9.91. The highest BCUT2D eigenvalue weighted by Crippen LogP contribution is 2.14. The lowest BCUT2D eigenvalue weighted by Crippen LogP contribution is -2.25. The van der Waals surface area contributed by atoms with Crippen LogP contribution in [-0.4, -0.2) is 38.8 Å². The summed E-state index contributed by atoms with van der Waals surface area (Å²) in [4.78, 5) is 11.4. The maximum absolute atomic E-state index is 11.4. The van der Waals surface area contributed by atoms with Gasteiger partial charge < -0.3 is 15.2 Å². The van der Waals surface area contributed by atoms with Crippen molar-refractivity contribution < 1.29 is 14.3 Å². The van der Waals surface area contributed by atoms with E-state index >= 15 is 0 Å². The smallest absolute Gasteiger partial charge is 0.163 e. The van der Waals surface area contributed by atoms with E-state index < -0.39 is 0 Å². The second-order valence-corrected chi connectivity index (χ2v) is 4.13. The standard InChI is InChI=1S/C10H21NO3/c1-10(2,3)9(12)8-14-7-6-13-5-4-11/h4-8,11H2,1-3H3. The molecule has 0 fully saturated rings. The zero-order chi connectivity index (χ0) is 11.0. The molecular weight excluding hydrogens is 182 g/mol. The van der Waals surface area contributed by atoms with Gasteiger partial charge in [0.2, 0.25) is 0 Å². The van der Waals surface area contributed by atoms with Gasteiger partial charge in [0.15, 0.2) is 5.78 Å². The van der Waals surface area contributed by atoms with E-state index in [9.17, 15) is 4.79 Å². The maximum atomic E-state index is 11.4. The highest BCUT2D eigenvalue weighted by molar-refractivity contribution is 5.84. The van der Waals surface area contributed by atoms with Gasteiger partial charge in [-0.2, -0.15) is 0 Å². The third-order valence-corrected chi connectivity index (χ3v) is 1.70. The van der Waals surface area contributed by atoms with Crippen LogP contribution >= 0.6 is 0 Å². The highest BCUT2D eigenvalue weighted by Gasteiger charge is 2.20. The second kappa shape index (κ2) is 6.92. The Bertz CT molecular complexity index is 163. The molecule has 0 amide bonds. The summed E-state index contributed by atoms with van der Waals surface area (Å²) in [6.45, 7) is 7.79. The van der Waals surface area contributed by atoms with Crippen LogP contribution in [0.25, 0.3) is 0 Å². The zero-order valence-corrected chi connectivity index (χ0v) is 9.34. The van der Waals surface area contributed by atoms with Crippen molar-refractivity contribution in [3.63, 3.8) is 0 Å². The molecule has 0 aliphatic heterocycles. The van der Waals surface area contributed by atoms with E-state index in [1.807, 2.05) is 20.8 Å². The monoisotopic (exact) mass is 203 g/mol. The van der Waals surface area contributed by atoms with Crippen LogP contribution in [0, 0.1) is 5.41 Å². The van der Waals surface area contributed by atoms with E-state index in [1.165, 1.54) is 0 Å². The molecule has 0 unspecified atom stereocenters. The Morgan fingerprint density at radius 2 is 1.71 bits per heavy atom. The molecule has 0 aliphatic carbocycles. The van der Waals surface area contributed by atoms with Gasteiger partial charge >= 0.3 is 0 Å². The van der Waals surface area contributed by atoms with E-state index in [0.29, 0.717) is 26.4 Å². The predicted molar refractivity (Wildman–Crippen MR) is 55.2 cm³/mol. The molecule has 0 bridgehead atoms. The molecule has 0 radical (unpaired) electrons. The molecule has 14 heavy (non-hydrogen) atoms. The SMILES string of the molecule is CC(C)(C)C(=O)COCCOCCN. The summed E-state index contributed by atoms with van der Waals surface area (Å²) < 4.78 is 10.2. The third-order valence-electron chi connectivity index (χ3n) is 1.70. The molecule has 0 aromatic rings. The van der Waals surface area contributed by atoms with Crippen LogP contribution in [0.2, 0.25) is 0 Å². The molecule has 0 spiro atoms. The number of ketones is 1. The number of carbonyl (C=O) groups excluding carboxylic acids is 1. The molecule has 84 valence electrons. The first-order valence-corrected chi connectivity index (χ1v) is 4.87. The minimum atomic E-state index is -0.321. The lowest BCUT2D eigenvalue weighted by molar-refractivity contribution is -0.131. The first-order valence-electron chi connectivity index (χ1n) is 4.87. The Labute approximate surface area is 85.8 Å². The van der Waals surface area contributed by atoms with Gasteiger partial charge in [-0.15, -0.1) is 0 Å². The molecule has 0 rings (SSSR count). The van der Waals surface area contributed by atoms with Crippen LogP contribution in [0.15, 0.2) is 0 Å². The van der Waals surface area contributed by atoms with Gasteiger partial charge in [0.1, 0.15) is 6.61 Å². The Balaban J connectivity index is 3.33. The highest BCUT2D eigenvalue weighted by atomic mass is 16.5. The normalized spacial score (nSPS) is 11.7. The van der Waals surface area contributed by atoms with Crippen LogP contribution in [0.4, 0.5) is 0 Å². The van der Waals surface area contributed by atoms with Crippen molar-refractivity contribution >= 4 is 5.78 Å². The van der Waals surface area contributed by atoms with E-state index in [1.54, 1.807) is 0 Å². The summed E-state index contributed by atoms with van der Waals surface area (Å²) >= 11 is 0. The predicted octanol–water partition coefficient (Wildman–Crippen LogP) is 0.594. The molecule has 2 N–H and O–H groups in total. The molecule has 0 atom stereocenters. The Morgan fingerprint density at radius 3 is 2.21 bits per heavy atom. The van der Waals surface area contributed by atoms with Crippen molar-refractivity contribution in [1.82, 2.24) is 0 Å². The lowest BCUT2D eigenvalue weighted by Gasteiger charge is -2.16. The number of hydrogen-bond donors (Lipinski definition) is 1. The first-order chi connectivity index (χ1) is 6.48. The van der Waals surface area contributed by atoms with E-state index in [-0.39, 0.29) is 17.8 Å². The third kappa shape index (κ3) is 7.00. The fourth-order valence-electron chi connectivity index (χ4n) is 0.685. The maximum Gasteiger partial charge on any atom is 0.163 e. The van der Waals surface area contributed by atoms with Gasteiger partial charge in [0.25, 0.3) is 0 Å². The van der Waals surface area contributed by atoms with Crippen LogP contribution in [0.1, 0.15) is 20.8 Å². The minimum absolute atomic E-state index is 0.108. The van der Waals surface area contributed by atoms with Crippen molar-refractivity contribution in [2.24, 2.45) is 11.1 Å². The summed E-state index contributed by atoms with van der Waals surface area (Å²) in [5.41, 5.74) is 4.91. The quantitative estimate of drug-likeness (QED) is 0.615. The fourth-order valence-corrected chi connectivity index (χ4v) is 0.685. The summed E-state index contributed by atoms with van der Waals surface area (Å²) in [7, 11) is 0. The van der Waals surface area contributed by atoms with Gasteiger partial charge in [-0.05, 0) is 0 Å². The van der Waals surface area contributed by atoms with E-state index in [0.717, 1.165) is 0 Å². The average Bonchev–Trinajstić information content (AvgIpc) is 2.09. The number of rotatable bonds is 7. The molecule has 0 aromatic carbocycles. The minimum Gasteiger partial charge on any atom is -0.378 e. The summed E-state index contributed by atoms with van der Waals surface area (Å²) in [5.74, 6) is 0.108. The van der Waals surface area contributed by atoms with Crippen molar-refractivity contribution in [3.05, 3.63) is 0 Å². The van der Waals surface area contributed by atoms with Gasteiger partial charge in [-0.25, -0.2) is 0 Å². The summed E-state index contributed by atoms with van der Waals surface area (Å²) in [6, 6.07) is 0. The van der Waals surface area contributed by atoms with Gasteiger partial charge in [0, 0.05) is 12.0 Å². The number of carbonyl (C=O) groups is 1. The largest absolute Gasteiger partial charge is 0.378 e. The van der Waals surface area contributed by atoms with E-state index in [2.05, 4.69) is 0 Å². The Hall–Kier alpha value is -0.450. The Morgan fingerprint density at radius 1 is 1.14 bits per heavy atom. The average molecular weight is 203 g/mol. The molecule has 0 saturated carbocycles. The molecule has 4 nitrogen and oxygen atoms in total. The first kappa shape index (κ1) is 13.5.